The predicted octanol–water partition coefficient (Wildman–Crippen LogP) is 6.41. The second-order valence-electron chi connectivity index (χ2n) is 4.72. The largest absolute Gasteiger partial charge is 0.507 e. The van der Waals surface area contributed by atoms with Gasteiger partial charge < -0.3 is 9.83 Å². The molecule has 0 spiro atoms. The van der Waals surface area contributed by atoms with Crippen molar-refractivity contribution in [3.05, 3.63) is 46.8 Å². The zero-order valence-electron chi connectivity index (χ0n) is 12.6. The number of rotatable bonds is 5. The number of allylic oxidation sites excluding steroid dienone is 2. The summed E-state index contributed by atoms with van der Waals surface area (Å²) in [4.78, 5) is 1.18. The highest BCUT2D eigenvalue weighted by atomic mass is 32.2. The van der Waals surface area contributed by atoms with Gasteiger partial charge in [-0.25, -0.2) is 0 Å². The Kier molecular flexibility index (Phi) is 5.64. The smallest absolute Gasteiger partial charge is 0.419 e. The van der Waals surface area contributed by atoms with E-state index >= 15 is 0 Å². The molecule has 7 heteroatoms. The van der Waals surface area contributed by atoms with Crippen LogP contribution in [0.3, 0.4) is 0 Å². The van der Waals surface area contributed by atoms with Crippen molar-refractivity contribution in [2.45, 2.75) is 30.7 Å². The zero-order chi connectivity index (χ0) is 17.0. The van der Waals surface area contributed by atoms with E-state index < -0.39 is 17.5 Å². The Morgan fingerprint density at radius 1 is 1.30 bits per heavy atom. The van der Waals surface area contributed by atoms with Crippen molar-refractivity contribution < 1.29 is 18.3 Å². The summed E-state index contributed by atoms with van der Waals surface area (Å²) >= 11 is 2.91. The molecule has 2 aromatic rings. The highest BCUT2D eigenvalue weighted by Gasteiger charge is 2.33. The lowest BCUT2D eigenvalue weighted by Crippen LogP contribution is -2.05. The SMILES string of the molecule is C/C=C(\CC)c1ccc(SNc2ccc(C(F)(F)F)c(O)c2)s1. The van der Waals surface area contributed by atoms with Crippen molar-refractivity contribution in [1.82, 2.24) is 0 Å². The zero-order valence-corrected chi connectivity index (χ0v) is 14.2. The highest BCUT2D eigenvalue weighted by Crippen LogP contribution is 2.38. The maximum absolute atomic E-state index is 12.6. The Labute approximate surface area is 141 Å². The summed E-state index contributed by atoms with van der Waals surface area (Å²) in [5.74, 6) is -0.780. The summed E-state index contributed by atoms with van der Waals surface area (Å²) in [5.41, 5.74) is 0.637. The van der Waals surface area contributed by atoms with Crippen LogP contribution >= 0.6 is 23.3 Å². The van der Waals surface area contributed by atoms with Crippen LogP contribution in [-0.4, -0.2) is 5.11 Å². The van der Waals surface area contributed by atoms with Crippen LogP contribution in [0.4, 0.5) is 18.9 Å². The van der Waals surface area contributed by atoms with Crippen LogP contribution in [0.25, 0.3) is 5.57 Å². The lowest BCUT2D eigenvalue weighted by atomic mass is 10.1. The quantitative estimate of drug-likeness (QED) is 0.605. The van der Waals surface area contributed by atoms with E-state index in [1.807, 2.05) is 19.1 Å². The molecule has 0 atom stereocenters. The van der Waals surface area contributed by atoms with Crippen molar-refractivity contribution in [1.29, 1.82) is 0 Å². The average Bonchev–Trinajstić information content (AvgIpc) is 2.94. The summed E-state index contributed by atoms with van der Waals surface area (Å²) in [6.07, 6.45) is -1.54. The van der Waals surface area contributed by atoms with E-state index in [0.717, 1.165) is 22.8 Å². The molecule has 0 aliphatic rings. The van der Waals surface area contributed by atoms with E-state index in [9.17, 15) is 18.3 Å². The molecule has 0 amide bonds. The van der Waals surface area contributed by atoms with Crippen molar-refractivity contribution in [3.8, 4) is 5.75 Å². The van der Waals surface area contributed by atoms with Crippen molar-refractivity contribution in [2.24, 2.45) is 0 Å². The van der Waals surface area contributed by atoms with Crippen LogP contribution in [0.2, 0.25) is 0 Å². The maximum Gasteiger partial charge on any atom is 0.419 e. The predicted molar refractivity (Wildman–Crippen MR) is 90.8 cm³/mol. The van der Waals surface area contributed by atoms with Crippen LogP contribution < -0.4 is 4.72 Å². The molecule has 124 valence electrons. The number of phenols is 1. The first-order valence-corrected chi connectivity index (χ1v) is 8.57. The van der Waals surface area contributed by atoms with E-state index in [2.05, 4.69) is 17.7 Å². The Morgan fingerprint density at radius 3 is 2.61 bits per heavy atom. The number of alkyl halides is 3. The molecule has 0 aliphatic heterocycles. The van der Waals surface area contributed by atoms with Crippen LogP contribution in [0, 0.1) is 0 Å². The molecule has 0 aliphatic carbocycles. The van der Waals surface area contributed by atoms with E-state index in [1.165, 1.54) is 28.5 Å². The van der Waals surface area contributed by atoms with Crippen LogP contribution in [-0.2, 0) is 6.18 Å². The van der Waals surface area contributed by atoms with Gasteiger partial charge in [0.05, 0.1) is 9.77 Å². The fourth-order valence-corrected chi connectivity index (χ4v) is 3.94. The summed E-state index contributed by atoms with van der Waals surface area (Å²) in [7, 11) is 0. The number of thiophene rings is 1. The van der Waals surface area contributed by atoms with Crippen molar-refractivity contribution in [3.63, 3.8) is 0 Å². The molecule has 1 aromatic heterocycles. The van der Waals surface area contributed by atoms with E-state index in [1.54, 1.807) is 11.3 Å². The fourth-order valence-electron chi connectivity index (χ4n) is 2.01. The van der Waals surface area contributed by atoms with Gasteiger partial charge in [0.15, 0.2) is 0 Å². The molecule has 2 N–H and O–H groups in total. The summed E-state index contributed by atoms with van der Waals surface area (Å²) in [5, 5.41) is 9.49. The fraction of sp³-hybridized carbons (Fsp3) is 0.250. The molecule has 0 bridgehead atoms. The lowest BCUT2D eigenvalue weighted by Gasteiger charge is -2.10. The van der Waals surface area contributed by atoms with Gasteiger partial charge in [-0.2, -0.15) is 13.2 Å². The van der Waals surface area contributed by atoms with Crippen LogP contribution in [0.5, 0.6) is 5.75 Å². The second kappa shape index (κ2) is 7.31. The number of benzene rings is 1. The van der Waals surface area contributed by atoms with Crippen LogP contribution in [0.15, 0.2) is 40.6 Å². The molecule has 0 saturated carbocycles. The minimum absolute atomic E-state index is 0.414. The topological polar surface area (TPSA) is 32.3 Å². The van der Waals surface area contributed by atoms with Gasteiger partial charge in [-0.15, -0.1) is 11.3 Å². The molecule has 2 rings (SSSR count). The van der Waals surface area contributed by atoms with Crippen LogP contribution in [0.1, 0.15) is 30.7 Å². The van der Waals surface area contributed by atoms with Gasteiger partial charge in [0.1, 0.15) is 5.75 Å². The lowest BCUT2D eigenvalue weighted by molar-refractivity contribution is -0.138. The summed E-state index contributed by atoms with van der Waals surface area (Å²) in [6, 6.07) is 7.23. The average molecular weight is 359 g/mol. The number of aromatic hydroxyl groups is 1. The molecule has 0 radical (unpaired) electrons. The van der Waals surface area contributed by atoms with Gasteiger partial charge in [0.2, 0.25) is 0 Å². The first-order chi connectivity index (χ1) is 10.8. The third-order valence-electron chi connectivity index (χ3n) is 3.20. The minimum atomic E-state index is -4.55. The molecular weight excluding hydrogens is 343 g/mol. The molecule has 0 fully saturated rings. The number of hydrogen-bond donors (Lipinski definition) is 2. The van der Waals surface area contributed by atoms with Gasteiger partial charge in [0.25, 0.3) is 0 Å². The van der Waals surface area contributed by atoms with Gasteiger partial charge >= 0.3 is 6.18 Å². The number of nitrogens with one attached hydrogen (secondary N) is 1. The van der Waals surface area contributed by atoms with Gasteiger partial charge in [-0.05, 0) is 55.1 Å². The number of anilines is 1. The molecule has 1 heterocycles. The number of halogens is 3. The van der Waals surface area contributed by atoms with Crippen molar-refractivity contribution >= 4 is 34.5 Å². The first-order valence-electron chi connectivity index (χ1n) is 6.93. The van der Waals surface area contributed by atoms with Gasteiger partial charge in [-0.1, -0.05) is 13.0 Å². The number of hydrogen-bond acceptors (Lipinski definition) is 4. The first kappa shape index (κ1) is 17.7. The second-order valence-corrected chi connectivity index (χ2v) is 6.91. The molecule has 0 unspecified atom stereocenters. The Bertz CT molecular complexity index is 708. The minimum Gasteiger partial charge on any atom is -0.507 e. The summed E-state index contributed by atoms with van der Waals surface area (Å²) in [6.45, 7) is 4.08. The summed E-state index contributed by atoms with van der Waals surface area (Å²) < 4.78 is 41.7. The maximum atomic E-state index is 12.6. The monoisotopic (exact) mass is 359 g/mol. The Hall–Kier alpha value is -1.60. The molecule has 23 heavy (non-hydrogen) atoms. The van der Waals surface area contributed by atoms with E-state index in [4.69, 9.17) is 0 Å². The molecule has 0 saturated heterocycles. The van der Waals surface area contributed by atoms with E-state index in [0.29, 0.717) is 5.69 Å². The van der Waals surface area contributed by atoms with Gasteiger partial charge in [-0.3, -0.25) is 0 Å². The standard InChI is InChI=1S/C16H16F3NOS2/c1-3-10(4-2)14-7-8-15(22-14)23-20-11-5-6-12(13(21)9-11)16(17,18)19/h3,5-9,20-21H,4H2,1-2H3/b10-3+. The van der Waals surface area contributed by atoms with Gasteiger partial charge in [0, 0.05) is 16.6 Å². The Morgan fingerprint density at radius 2 is 2.04 bits per heavy atom. The number of phenolic OH excluding ortho intramolecular Hbond substituents is 1. The normalized spacial score (nSPS) is 12.5. The van der Waals surface area contributed by atoms with E-state index in [-0.39, 0.29) is 0 Å². The van der Waals surface area contributed by atoms with Crippen molar-refractivity contribution in [2.75, 3.05) is 4.72 Å². The Balaban J connectivity index is 2.06. The molecule has 2 nitrogen and oxygen atoms in total. The molecule has 1 aromatic carbocycles. The molecular formula is C16H16F3NOS2. The highest BCUT2D eigenvalue weighted by molar-refractivity contribution is 8.02. The third kappa shape index (κ3) is 4.45. The third-order valence-corrected chi connectivity index (χ3v) is 5.33.